The number of ether oxygens (including phenoxy) is 1. The smallest absolute Gasteiger partial charge is 0.589 e. The Morgan fingerprint density at radius 3 is 1.92 bits per heavy atom. The summed E-state index contributed by atoms with van der Waals surface area (Å²) in [4.78, 5) is 0. The zero-order chi connectivity index (χ0) is 8.48. The third-order valence-electron chi connectivity index (χ3n) is 2.21. The van der Waals surface area contributed by atoms with Gasteiger partial charge in [-0.1, -0.05) is 13.8 Å². The molecule has 1 saturated heterocycles. The van der Waals surface area contributed by atoms with Gasteiger partial charge in [-0.15, -0.1) is 13.1 Å². The molecule has 1 aliphatic rings. The molecule has 73 valence electrons. The molecule has 1 fully saturated rings. The summed E-state index contributed by atoms with van der Waals surface area (Å²) < 4.78 is 6.48. The van der Waals surface area contributed by atoms with Crippen LogP contribution in [0.25, 0.3) is 0 Å². The largest absolute Gasteiger partial charge is 1.00 e. The second kappa shape index (κ2) is 7.63. The fourth-order valence-electron chi connectivity index (χ4n) is 1.63. The molecule has 0 spiro atoms. The number of hydrogen-bond donors (Lipinski definition) is 0. The quantitative estimate of drug-likeness (QED) is 0.369. The zero-order valence-corrected chi connectivity index (χ0v) is 16.9. The van der Waals surface area contributed by atoms with E-state index in [9.17, 15) is 0 Å². The molecule has 2 unspecified atom stereocenters. The molecule has 0 saturated carbocycles. The van der Waals surface area contributed by atoms with Crippen molar-refractivity contribution >= 4 is 0 Å². The van der Waals surface area contributed by atoms with Gasteiger partial charge in [0.05, 0.1) is 0 Å². The Balaban J connectivity index is 0. The van der Waals surface area contributed by atoms with Crippen LogP contribution in [0.1, 0.15) is 20.8 Å². The molecule has 1 rings (SSSR count). The standard InChI is InChI=1S/C9H18NO.Rb.Re/c1-5-10(4)6-8(2)11-9(3)7-10;;/h6-9H,5H2,1-4H3;;/q-1;+1;. The molecule has 1 aliphatic heterocycles. The fourth-order valence-corrected chi connectivity index (χ4v) is 1.63. The van der Waals surface area contributed by atoms with Gasteiger partial charge in [0.25, 0.3) is 0 Å². The number of nitrogens with zero attached hydrogens (tertiary/aromatic N) is 1. The van der Waals surface area contributed by atoms with Crippen molar-refractivity contribution in [1.82, 2.24) is 0 Å². The van der Waals surface area contributed by atoms with Crippen molar-refractivity contribution in [2.24, 2.45) is 0 Å². The predicted octanol–water partition coefficient (Wildman–Crippen LogP) is -1.41. The van der Waals surface area contributed by atoms with Crippen LogP contribution in [0.15, 0.2) is 0 Å². The van der Waals surface area contributed by atoms with Crippen molar-refractivity contribution in [2.75, 3.05) is 13.6 Å². The van der Waals surface area contributed by atoms with E-state index in [1.54, 1.807) is 0 Å². The van der Waals surface area contributed by atoms with Crippen molar-refractivity contribution < 1.29 is 87.8 Å². The molecular weight excluding hydrogens is 410 g/mol. The summed E-state index contributed by atoms with van der Waals surface area (Å²) in [5.41, 5.74) is 0. The van der Waals surface area contributed by atoms with E-state index in [1.165, 1.54) is 0 Å². The van der Waals surface area contributed by atoms with Crippen molar-refractivity contribution in [3.05, 3.63) is 13.1 Å². The van der Waals surface area contributed by atoms with Gasteiger partial charge in [0.2, 0.25) is 0 Å². The van der Waals surface area contributed by atoms with Gasteiger partial charge in [-0.25, -0.2) is 0 Å². The van der Waals surface area contributed by atoms with Crippen LogP contribution >= 0.6 is 0 Å². The average Bonchev–Trinajstić information content (AvgIpc) is 1.84. The van der Waals surface area contributed by atoms with Gasteiger partial charge in [-0.2, -0.15) is 0 Å². The SMILES string of the molecule is CC[N+]1(C)[CH-]C(C)OC(C)[CH-]1.[Rb+].[Re]. The first kappa shape index (κ1) is 17.8. The number of quaternary nitrogens is 1. The van der Waals surface area contributed by atoms with Gasteiger partial charge < -0.3 is 9.22 Å². The van der Waals surface area contributed by atoms with Crippen molar-refractivity contribution in [3.8, 4) is 0 Å². The summed E-state index contributed by atoms with van der Waals surface area (Å²) in [7, 11) is 2.20. The van der Waals surface area contributed by atoms with Gasteiger partial charge in [-0.3, -0.25) is 0 Å². The molecule has 0 aromatic rings. The summed E-state index contributed by atoms with van der Waals surface area (Å²) >= 11 is 0. The van der Waals surface area contributed by atoms with Crippen molar-refractivity contribution in [1.29, 1.82) is 0 Å². The Morgan fingerprint density at radius 2 is 1.62 bits per heavy atom. The van der Waals surface area contributed by atoms with E-state index < -0.39 is 0 Å². The predicted molar refractivity (Wildman–Crippen MR) is 45.3 cm³/mol. The third kappa shape index (κ3) is 5.87. The molecule has 0 aromatic heterocycles. The number of hydrogen-bond acceptors (Lipinski definition) is 1. The van der Waals surface area contributed by atoms with Gasteiger partial charge in [-0.05, 0) is 19.1 Å². The monoisotopic (exact) mass is 428 g/mol. The van der Waals surface area contributed by atoms with Crippen LogP contribution in [-0.2, 0) is 25.2 Å². The first-order valence-electron chi connectivity index (χ1n) is 4.28. The topological polar surface area (TPSA) is 9.23 Å². The zero-order valence-electron chi connectivity index (χ0n) is 9.25. The summed E-state index contributed by atoms with van der Waals surface area (Å²) in [5.74, 6) is 0. The second-order valence-electron chi connectivity index (χ2n) is 3.51. The molecular formula is C9H18NORbRe. The minimum absolute atomic E-state index is 0. The van der Waals surface area contributed by atoms with Crippen LogP contribution in [0.2, 0.25) is 0 Å². The van der Waals surface area contributed by atoms with E-state index in [0.717, 1.165) is 11.0 Å². The molecule has 0 aromatic carbocycles. The van der Waals surface area contributed by atoms with Crippen LogP contribution in [0.5, 0.6) is 0 Å². The Bertz CT molecular complexity index is 136. The van der Waals surface area contributed by atoms with E-state index in [4.69, 9.17) is 4.74 Å². The average molecular weight is 428 g/mol. The van der Waals surface area contributed by atoms with Gasteiger partial charge in [0, 0.05) is 34.0 Å². The molecule has 0 aliphatic carbocycles. The van der Waals surface area contributed by atoms with Crippen molar-refractivity contribution in [2.45, 2.75) is 33.0 Å². The van der Waals surface area contributed by atoms with Crippen LogP contribution in [0.4, 0.5) is 0 Å². The van der Waals surface area contributed by atoms with Crippen LogP contribution < -0.4 is 58.2 Å². The van der Waals surface area contributed by atoms with Crippen LogP contribution in [-0.4, -0.2) is 30.3 Å². The summed E-state index contributed by atoms with van der Waals surface area (Å²) in [6.45, 7) is 11.9. The normalized spacial score (nSPS) is 38.8. The molecule has 1 heterocycles. The molecule has 0 N–H and O–H groups in total. The Hall–Kier alpha value is 2.39. The first-order chi connectivity index (χ1) is 5.06. The minimum Gasteiger partial charge on any atom is -0.589 e. The summed E-state index contributed by atoms with van der Waals surface area (Å²) in [6, 6.07) is 0. The van der Waals surface area contributed by atoms with E-state index >= 15 is 0 Å². The van der Waals surface area contributed by atoms with E-state index in [1.807, 2.05) is 0 Å². The van der Waals surface area contributed by atoms with E-state index in [0.29, 0.717) is 0 Å². The molecule has 1 radical (unpaired) electrons. The van der Waals surface area contributed by atoms with E-state index in [-0.39, 0.29) is 90.8 Å². The third-order valence-corrected chi connectivity index (χ3v) is 2.21. The molecule has 13 heavy (non-hydrogen) atoms. The summed E-state index contributed by atoms with van der Waals surface area (Å²) in [6.07, 6.45) is 0.555. The number of rotatable bonds is 1. The maximum absolute atomic E-state index is 5.56. The Labute approximate surface area is 145 Å². The summed E-state index contributed by atoms with van der Waals surface area (Å²) in [5, 5.41) is 0. The van der Waals surface area contributed by atoms with Gasteiger partial charge in [0.15, 0.2) is 0 Å². The second-order valence-corrected chi connectivity index (χ2v) is 3.51. The van der Waals surface area contributed by atoms with Crippen LogP contribution in [0.3, 0.4) is 0 Å². The van der Waals surface area contributed by atoms with E-state index in [2.05, 4.69) is 40.9 Å². The maximum atomic E-state index is 5.56. The molecule has 0 bridgehead atoms. The van der Waals surface area contributed by atoms with Gasteiger partial charge >= 0.3 is 58.2 Å². The van der Waals surface area contributed by atoms with Crippen molar-refractivity contribution in [3.63, 3.8) is 0 Å². The Kier molecular flexibility index (Phi) is 10.4. The van der Waals surface area contributed by atoms with Gasteiger partial charge in [0.1, 0.15) is 0 Å². The Morgan fingerprint density at radius 1 is 1.23 bits per heavy atom. The molecule has 4 heteroatoms. The molecule has 2 nitrogen and oxygen atoms in total. The first-order valence-corrected chi connectivity index (χ1v) is 4.28. The molecule has 2 atom stereocenters. The minimum atomic E-state index is 0. The maximum Gasteiger partial charge on any atom is 1.00 e. The number of morpholine rings is 1. The number of likely N-dealkylation sites (N-methyl/N-ethyl adjacent to an activating group) is 1. The fraction of sp³-hybridized carbons (Fsp3) is 0.778. The van der Waals surface area contributed by atoms with Crippen LogP contribution in [0, 0.1) is 13.1 Å². The molecule has 0 amide bonds.